The van der Waals surface area contributed by atoms with Gasteiger partial charge in [-0.3, -0.25) is 0 Å². The standard InChI is InChI=1S/C12H17NOS/c1-14-9-6-8(7-9)12-10-3-5-15-11(10)2-4-13-12/h3,5,8-9,12-13H,2,4,6-7H2,1H3. The van der Waals surface area contributed by atoms with Crippen molar-refractivity contribution in [1.29, 1.82) is 0 Å². The molecule has 3 heteroatoms. The quantitative estimate of drug-likeness (QED) is 0.831. The van der Waals surface area contributed by atoms with E-state index in [1.54, 1.807) is 10.4 Å². The first kappa shape index (κ1) is 9.82. The summed E-state index contributed by atoms with van der Waals surface area (Å²) in [6.45, 7) is 1.15. The van der Waals surface area contributed by atoms with Crippen LogP contribution in [0, 0.1) is 5.92 Å². The van der Waals surface area contributed by atoms with Gasteiger partial charge in [-0.2, -0.15) is 0 Å². The zero-order valence-corrected chi connectivity index (χ0v) is 9.85. The number of hydrogen-bond acceptors (Lipinski definition) is 3. The van der Waals surface area contributed by atoms with Gasteiger partial charge < -0.3 is 10.1 Å². The minimum absolute atomic E-state index is 0.515. The SMILES string of the molecule is COC1CC(C2NCCc3sccc32)C1. The van der Waals surface area contributed by atoms with E-state index < -0.39 is 0 Å². The molecular formula is C12H17NOS. The van der Waals surface area contributed by atoms with Crippen molar-refractivity contribution in [3.63, 3.8) is 0 Å². The predicted octanol–water partition coefficient (Wildman–Crippen LogP) is 2.36. The first-order valence-electron chi connectivity index (χ1n) is 5.71. The lowest BCUT2D eigenvalue weighted by molar-refractivity contribution is -0.0132. The highest BCUT2D eigenvalue weighted by molar-refractivity contribution is 7.10. The van der Waals surface area contributed by atoms with Gasteiger partial charge in [-0.05, 0) is 42.2 Å². The fourth-order valence-corrected chi connectivity index (χ4v) is 3.70. The number of fused-ring (bicyclic) bond motifs is 1. The summed E-state index contributed by atoms with van der Waals surface area (Å²) in [5, 5.41) is 5.89. The van der Waals surface area contributed by atoms with Crippen LogP contribution in [0.4, 0.5) is 0 Å². The van der Waals surface area contributed by atoms with Crippen LogP contribution in [-0.2, 0) is 11.2 Å². The largest absolute Gasteiger partial charge is 0.381 e. The third-order valence-electron chi connectivity index (χ3n) is 3.77. The molecule has 0 radical (unpaired) electrons. The highest BCUT2D eigenvalue weighted by Crippen LogP contribution is 2.42. The maximum Gasteiger partial charge on any atom is 0.0578 e. The van der Waals surface area contributed by atoms with Crippen LogP contribution in [0.15, 0.2) is 11.4 Å². The summed E-state index contributed by atoms with van der Waals surface area (Å²) >= 11 is 1.92. The van der Waals surface area contributed by atoms with Gasteiger partial charge in [-0.15, -0.1) is 11.3 Å². The lowest BCUT2D eigenvalue weighted by atomic mass is 9.74. The van der Waals surface area contributed by atoms with Gasteiger partial charge in [0.05, 0.1) is 6.10 Å². The normalized spacial score (nSPS) is 34.6. The van der Waals surface area contributed by atoms with Gasteiger partial charge >= 0.3 is 0 Å². The summed E-state index contributed by atoms with van der Waals surface area (Å²) in [5.41, 5.74) is 1.56. The Morgan fingerprint density at radius 1 is 1.47 bits per heavy atom. The minimum atomic E-state index is 0.515. The van der Waals surface area contributed by atoms with E-state index in [-0.39, 0.29) is 0 Å². The Labute approximate surface area is 94.6 Å². The third kappa shape index (κ3) is 1.63. The fourth-order valence-electron chi connectivity index (χ4n) is 2.77. The molecule has 15 heavy (non-hydrogen) atoms. The second-order valence-electron chi connectivity index (χ2n) is 4.57. The van der Waals surface area contributed by atoms with Crippen LogP contribution < -0.4 is 5.32 Å². The molecule has 1 unspecified atom stereocenters. The molecule has 1 atom stereocenters. The monoisotopic (exact) mass is 223 g/mol. The molecule has 1 N–H and O–H groups in total. The number of ether oxygens (including phenoxy) is 1. The summed E-state index contributed by atoms with van der Waals surface area (Å²) in [5.74, 6) is 0.795. The van der Waals surface area contributed by atoms with Crippen molar-refractivity contribution in [3.8, 4) is 0 Å². The second kappa shape index (κ2) is 3.89. The van der Waals surface area contributed by atoms with Crippen LogP contribution in [0.3, 0.4) is 0 Å². The van der Waals surface area contributed by atoms with E-state index in [0.717, 1.165) is 12.5 Å². The molecule has 1 aliphatic carbocycles. The van der Waals surface area contributed by atoms with Crippen LogP contribution in [0.1, 0.15) is 29.3 Å². The Balaban J connectivity index is 1.74. The molecule has 1 aromatic rings. The van der Waals surface area contributed by atoms with Crippen molar-refractivity contribution < 1.29 is 4.74 Å². The molecule has 1 saturated carbocycles. The fraction of sp³-hybridized carbons (Fsp3) is 0.667. The summed E-state index contributed by atoms with van der Waals surface area (Å²) < 4.78 is 5.35. The van der Waals surface area contributed by atoms with Gasteiger partial charge in [0.2, 0.25) is 0 Å². The molecule has 0 bridgehead atoms. The zero-order valence-electron chi connectivity index (χ0n) is 9.03. The average Bonchev–Trinajstić information content (AvgIpc) is 2.64. The first-order chi connectivity index (χ1) is 7.38. The predicted molar refractivity (Wildman–Crippen MR) is 62.3 cm³/mol. The van der Waals surface area contributed by atoms with E-state index in [4.69, 9.17) is 4.74 Å². The van der Waals surface area contributed by atoms with E-state index in [9.17, 15) is 0 Å². The molecule has 0 spiro atoms. The molecule has 0 amide bonds. The zero-order chi connectivity index (χ0) is 10.3. The number of methoxy groups -OCH3 is 1. The minimum Gasteiger partial charge on any atom is -0.381 e. The molecular weight excluding hydrogens is 206 g/mol. The number of nitrogens with one attached hydrogen (secondary N) is 1. The van der Waals surface area contributed by atoms with Gasteiger partial charge in [0.15, 0.2) is 0 Å². The maximum absolute atomic E-state index is 5.35. The molecule has 2 aliphatic rings. The second-order valence-corrected chi connectivity index (χ2v) is 5.57. The van der Waals surface area contributed by atoms with Gasteiger partial charge in [0.1, 0.15) is 0 Å². The lowest BCUT2D eigenvalue weighted by Crippen LogP contribution is -2.42. The molecule has 0 saturated heterocycles. The molecule has 82 valence electrons. The lowest BCUT2D eigenvalue weighted by Gasteiger charge is -2.41. The number of rotatable bonds is 2. The molecule has 3 rings (SSSR count). The van der Waals surface area contributed by atoms with Gasteiger partial charge in [-0.25, -0.2) is 0 Å². The summed E-state index contributed by atoms with van der Waals surface area (Å²) in [4.78, 5) is 1.60. The van der Waals surface area contributed by atoms with E-state index in [2.05, 4.69) is 16.8 Å². The summed E-state index contributed by atoms with van der Waals surface area (Å²) in [7, 11) is 1.82. The highest BCUT2D eigenvalue weighted by Gasteiger charge is 2.37. The molecule has 1 aliphatic heterocycles. The van der Waals surface area contributed by atoms with Gasteiger partial charge in [-0.1, -0.05) is 0 Å². The van der Waals surface area contributed by atoms with E-state index in [0.29, 0.717) is 12.1 Å². The van der Waals surface area contributed by atoms with Crippen molar-refractivity contribution in [3.05, 3.63) is 21.9 Å². The Kier molecular flexibility index (Phi) is 2.54. The van der Waals surface area contributed by atoms with Crippen molar-refractivity contribution in [2.24, 2.45) is 5.92 Å². The number of hydrogen-bond donors (Lipinski definition) is 1. The van der Waals surface area contributed by atoms with Crippen LogP contribution in [-0.4, -0.2) is 19.8 Å². The van der Waals surface area contributed by atoms with E-state index >= 15 is 0 Å². The highest BCUT2D eigenvalue weighted by atomic mass is 32.1. The van der Waals surface area contributed by atoms with Gasteiger partial charge in [0, 0.05) is 24.6 Å². The Morgan fingerprint density at radius 3 is 3.13 bits per heavy atom. The third-order valence-corrected chi connectivity index (χ3v) is 4.76. The topological polar surface area (TPSA) is 21.3 Å². The van der Waals surface area contributed by atoms with E-state index in [1.807, 2.05) is 18.4 Å². The van der Waals surface area contributed by atoms with Gasteiger partial charge in [0.25, 0.3) is 0 Å². The van der Waals surface area contributed by atoms with Crippen LogP contribution >= 0.6 is 11.3 Å². The smallest absolute Gasteiger partial charge is 0.0578 e. The van der Waals surface area contributed by atoms with Crippen LogP contribution in [0.2, 0.25) is 0 Å². The Morgan fingerprint density at radius 2 is 2.33 bits per heavy atom. The van der Waals surface area contributed by atoms with Crippen molar-refractivity contribution in [2.75, 3.05) is 13.7 Å². The van der Waals surface area contributed by atoms with Crippen molar-refractivity contribution >= 4 is 11.3 Å². The molecule has 2 nitrogen and oxygen atoms in total. The molecule has 0 aromatic carbocycles. The summed E-state index contributed by atoms with van der Waals surface area (Å²) in [6.07, 6.45) is 4.18. The van der Waals surface area contributed by atoms with E-state index in [1.165, 1.54) is 19.3 Å². The average molecular weight is 223 g/mol. The maximum atomic E-state index is 5.35. The Hall–Kier alpha value is -0.380. The molecule has 2 heterocycles. The number of thiophene rings is 1. The first-order valence-corrected chi connectivity index (χ1v) is 6.59. The Bertz CT molecular complexity index is 343. The van der Waals surface area contributed by atoms with Crippen LogP contribution in [0.25, 0.3) is 0 Å². The van der Waals surface area contributed by atoms with Crippen LogP contribution in [0.5, 0.6) is 0 Å². The molecule has 1 aromatic heterocycles. The van der Waals surface area contributed by atoms with Crippen molar-refractivity contribution in [2.45, 2.75) is 31.4 Å². The summed E-state index contributed by atoms with van der Waals surface area (Å²) in [6, 6.07) is 2.91. The van der Waals surface area contributed by atoms with Crippen molar-refractivity contribution in [1.82, 2.24) is 5.32 Å². The molecule has 1 fully saturated rings.